The largest absolute Gasteiger partial charge is 0.465 e. The number of carbonyl (C=O) groups excluding carboxylic acids is 2. The van der Waals surface area contributed by atoms with Crippen LogP contribution < -0.4 is 20.1 Å². The molecule has 2 aliphatic heterocycles. The second-order valence-electron chi connectivity index (χ2n) is 10.9. The Hall–Kier alpha value is -4.67. The number of benzene rings is 4. The highest BCUT2D eigenvalue weighted by Gasteiger charge is 2.42. The Morgan fingerprint density at radius 2 is 1.80 bits per heavy atom. The minimum absolute atomic E-state index is 0.0481. The zero-order chi connectivity index (χ0) is 31.7. The van der Waals surface area contributed by atoms with E-state index in [0.29, 0.717) is 47.0 Å². The number of esters is 1. The van der Waals surface area contributed by atoms with Crippen LogP contribution >= 0.6 is 11.6 Å². The summed E-state index contributed by atoms with van der Waals surface area (Å²) in [6.07, 6.45) is 0.853. The van der Waals surface area contributed by atoms with E-state index in [1.165, 1.54) is 31.4 Å². The summed E-state index contributed by atoms with van der Waals surface area (Å²) in [6.45, 7) is 2.78. The fourth-order valence-electron chi connectivity index (χ4n) is 5.29. The molecule has 1 saturated heterocycles. The number of hydrogen-bond donors (Lipinski definition) is 2. The maximum absolute atomic E-state index is 15.6. The van der Waals surface area contributed by atoms with E-state index in [4.69, 9.17) is 30.5 Å². The standard InChI is InChI=1S/C34H29ClF2N2O6/c1-34(25-10-8-21(35)17-27(25)37)44-30-5-3-4-24(32(30)45-34)23-9-6-19(14-26(23)36)15-31(40)39-28-11-7-20(33(41)42-2)16-29(28)38-18-22-12-13-43-22/h3-11,14,16-17,22,38H,12-13,15,18H2,1-2H3,(H,39,40)/t22-,34?/m0/s1. The monoisotopic (exact) mass is 634 g/mol. The number of para-hydroxylation sites is 1. The molecule has 0 radical (unpaired) electrons. The van der Waals surface area contributed by atoms with E-state index in [0.717, 1.165) is 6.42 Å². The highest BCUT2D eigenvalue weighted by atomic mass is 35.5. The number of halogens is 3. The van der Waals surface area contributed by atoms with Crippen LogP contribution in [0.4, 0.5) is 20.2 Å². The SMILES string of the molecule is COC(=O)c1ccc(NC(=O)Cc2ccc(-c3cccc4c3OC(C)(c3ccc(Cl)cc3F)O4)c(F)c2)c(NC[C@@H]2CCO2)c1. The number of rotatable bonds is 9. The van der Waals surface area contributed by atoms with Crippen molar-refractivity contribution in [2.24, 2.45) is 0 Å². The van der Waals surface area contributed by atoms with Gasteiger partial charge in [-0.25, -0.2) is 13.6 Å². The second-order valence-corrected chi connectivity index (χ2v) is 11.3. The molecule has 0 saturated carbocycles. The van der Waals surface area contributed by atoms with Gasteiger partial charge >= 0.3 is 5.97 Å². The van der Waals surface area contributed by atoms with Gasteiger partial charge in [0.25, 0.3) is 5.79 Å². The summed E-state index contributed by atoms with van der Waals surface area (Å²) in [5.74, 6) is -2.95. The first-order chi connectivity index (χ1) is 21.6. The van der Waals surface area contributed by atoms with Crippen LogP contribution in [0.5, 0.6) is 11.5 Å². The summed E-state index contributed by atoms with van der Waals surface area (Å²) in [5, 5.41) is 6.30. The molecule has 45 heavy (non-hydrogen) atoms. The summed E-state index contributed by atoms with van der Waals surface area (Å²) < 4.78 is 52.7. The van der Waals surface area contributed by atoms with Crippen LogP contribution in [0.3, 0.4) is 0 Å². The van der Waals surface area contributed by atoms with Gasteiger partial charge in [-0.3, -0.25) is 4.79 Å². The van der Waals surface area contributed by atoms with Crippen molar-refractivity contribution in [2.75, 3.05) is 30.9 Å². The highest BCUT2D eigenvalue weighted by Crippen LogP contribution is 2.50. The number of anilines is 2. The van der Waals surface area contributed by atoms with Crippen LogP contribution in [0.25, 0.3) is 11.1 Å². The molecule has 2 N–H and O–H groups in total. The molecule has 8 nitrogen and oxygen atoms in total. The molecule has 2 atom stereocenters. The maximum atomic E-state index is 15.6. The summed E-state index contributed by atoms with van der Waals surface area (Å²) in [7, 11) is 1.29. The third-order valence-electron chi connectivity index (χ3n) is 7.72. The molecule has 1 fully saturated rings. The first kappa shape index (κ1) is 30.4. The van der Waals surface area contributed by atoms with Gasteiger partial charge in [0.05, 0.1) is 42.1 Å². The van der Waals surface area contributed by atoms with E-state index >= 15 is 4.39 Å². The number of nitrogens with one attached hydrogen (secondary N) is 2. The molecule has 0 spiro atoms. The molecular weight excluding hydrogens is 606 g/mol. The lowest BCUT2D eigenvalue weighted by atomic mass is 10.0. The van der Waals surface area contributed by atoms with Gasteiger partial charge in [-0.15, -0.1) is 0 Å². The van der Waals surface area contributed by atoms with E-state index < -0.39 is 23.4 Å². The van der Waals surface area contributed by atoms with Crippen LogP contribution in [0, 0.1) is 11.6 Å². The van der Waals surface area contributed by atoms with Crippen molar-refractivity contribution in [1.29, 1.82) is 0 Å². The number of ether oxygens (including phenoxy) is 4. The number of methoxy groups -OCH3 is 1. The van der Waals surface area contributed by atoms with Crippen LogP contribution in [0.2, 0.25) is 5.02 Å². The Kier molecular flexibility index (Phi) is 8.35. The van der Waals surface area contributed by atoms with E-state index in [-0.39, 0.29) is 40.3 Å². The Morgan fingerprint density at radius 1 is 0.978 bits per heavy atom. The fraction of sp³-hybridized carbons (Fsp3) is 0.235. The smallest absolute Gasteiger partial charge is 0.337 e. The average molecular weight is 635 g/mol. The van der Waals surface area contributed by atoms with Gasteiger partial charge in [0.2, 0.25) is 5.91 Å². The highest BCUT2D eigenvalue weighted by molar-refractivity contribution is 6.30. The molecule has 1 unspecified atom stereocenters. The zero-order valence-corrected chi connectivity index (χ0v) is 25.2. The Morgan fingerprint density at radius 3 is 2.51 bits per heavy atom. The minimum Gasteiger partial charge on any atom is -0.465 e. The molecule has 0 aromatic heterocycles. The lowest BCUT2D eigenvalue weighted by Gasteiger charge is -2.27. The molecule has 2 heterocycles. The van der Waals surface area contributed by atoms with Crippen molar-refractivity contribution in [1.82, 2.24) is 0 Å². The quantitative estimate of drug-likeness (QED) is 0.190. The first-order valence-corrected chi connectivity index (χ1v) is 14.6. The van der Waals surface area contributed by atoms with Crippen molar-refractivity contribution < 1.29 is 37.3 Å². The number of amides is 1. The number of hydrogen-bond acceptors (Lipinski definition) is 7. The molecule has 2 aliphatic rings. The summed E-state index contributed by atoms with van der Waals surface area (Å²) >= 11 is 5.91. The van der Waals surface area contributed by atoms with Crippen molar-refractivity contribution in [3.8, 4) is 22.6 Å². The van der Waals surface area contributed by atoms with Gasteiger partial charge < -0.3 is 29.6 Å². The van der Waals surface area contributed by atoms with E-state index in [1.807, 2.05) is 0 Å². The lowest BCUT2D eigenvalue weighted by Crippen LogP contribution is -2.33. The average Bonchev–Trinajstić information content (AvgIpc) is 3.34. The molecule has 0 bridgehead atoms. The summed E-state index contributed by atoms with van der Waals surface area (Å²) in [5.41, 5.74) is 2.54. The third kappa shape index (κ3) is 6.29. The molecule has 4 aromatic rings. The van der Waals surface area contributed by atoms with Crippen LogP contribution in [-0.4, -0.2) is 38.2 Å². The molecular formula is C34H29ClF2N2O6. The van der Waals surface area contributed by atoms with Crippen molar-refractivity contribution in [3.63, 3.8) is 0 Å². The van der Waals surface area contributed by atoms with Crippen molar-refractivity contribution in [2.45, 2.75) is 31.7 Å². The van der Waals surface area contributed by atoms with E-state index in [1.54, 1.807) is 55.5 Å². The topological polar surface area (TPSA) is 95.1 Å². The Bertz CT molecular complexity index is 1800. The van der Waals surface area contributed by atoms with Gasteiger partial charge in [-0.1, -0.05) is 35.9 Å². The van der Waals surface area contributed by atoms with Gasteiger partial charge in [-0.2, -0.15) is 0 Å². The fourth-order valence-corrected chi connectivity index (χ4v) is 5.45. The molecule has 232 valence electrons. The van der Waals surface area contributed by atoms with Crippen LogP contribution in [-0.2, 0) is 26.5 Å². The Balaban J connectivity index is 1.18. The van der Waals surface area contributed by atoms with Gasteiger partial charge in [-0.05, 0) is 60.5 Å². The first-order valence-electron chi connectivity index (χ1n) is 14.3. The van der Waals surface area contributed by atoms with E-state index in [9.17, 15) is 14.0 Å². The number of carbonyl (C=O) groups is 2. The molecule has 11 heteroatoms. The molecule has 6 rings (SSSR count). The van der Waals surface area contributed by atoms with Crippen LogP contribution in [0.1, 0.15) is 34.8 Å². The number of fused-ring (bicyclic) bond motifs is 1. The zero-order valence-electron chi connectivity index (χ0n) is 24.4. The van der Waals surface area contributed by atoms with Crippen molar-refractivity contribution >= 4 is 34.9 Å². The Labute approximate surface area is 263 Å². The van der Waals surface area contributed by atoms with Gasteiger partial charge in [0.1, 0.15) is 11.6 Å². The van der Waals surface area contributed by atoms with Crippen molar-refractivity contribution in [3.05, 3.63) is 106 Å². The van der Waals surface area contributed by atoms with E-state index in [2.05, 4.69) is 10.6 Å². The summed E-state index contributed by atoms with van der Waals surface area (Å²) in [4.78, 5) is 25.1. The van der Waals surface area contributed by atoms with Crippen LogP contribution in [0.15, 0.2) is 72.8 Å². The second kappa shape index (κ2) is 12.4. The summed E-state index contributed by atoms with van der Waals surface area (Å²) in [6, 6.07) is 18.5. The lowest BCUT2D eigenvalue weighted by molar-refractivity contribution is -0.115. The maximum Gasteiger partial charge on any atom is 0.337 e. The third-order valence-corrected chi connectivity index (χ3v) is 7.95. The molecule has 4 aromatic carbocycles. The van der Waals surface area contributed by atoms with Gasteiger partial charge in [0, 0.05) is 36.2 Å². The molecule has 1 amide bonds. The predicted octanol–water partition coefficient (Wildman–Crippen LogP) is 7.10. The predicted molar refractivity (Wildman–Crippen MR) is 165 cm³/mol. The normalized spacial score (nSPS) is 18.2. The van der Waals surface area contributed by atoms with Gasteiger partial charge in [0.15, 0.2) is 11.5 Å². The minimum atomic E-state index is -1.49. The molecule has 0 aliphatic carbocycles.